The number of anilines is 1. The van der Waals surface area contributed by atoms with Crippen molar-refractivity contribution >= 4 is 34.1 Å². The molecule has 6 nitrogen and oxygen atoms in total. The van der Waals surface area contributed by atoms with Gasteiger partial charge in [0.25, 0.3) is 0 Å². The molecule has 2 aliphatic rings. The first-order valence-electron chi connectivity index (χ1n) is 11.9. The highest BCUT2D eigenvalue weighted by Gasteiger charge is 2.47. The number of benzene rings is 2. The van der Waals surface area contributed by atoms with E-state index in [2.05, 4.69) is 16.0 Å². The van der Waals surface area contributed by atoms with Crippen molar-refractivity contribution < 1.29 is 14.4 Å². The molecule has 1 aliphatic heterocycles. The van der Waals surface area contributed by atoms with Crippen molar-refractivity contribution in [3.05, 3.63) is 42.5 Å². The van der Waals surface area contributed by atoms with Crippen molar-refractivity contribution in [2.45, 2.75) is 58.0 Å². The Bertz CT molecular complexity index is 999. The molecule has 4 rings (SSSR count). The van der Waals surface area contributed by atoms with Gasteiger partial charge in [-0.15, -0.1) is 0 Å². The maximum Gasteiger partial charge on any atom is 0.228 e. The van der Waals surface area contributed by atoms with Crippen LogP contribution in [0.3, 0.4) is 0 Å². The monoisotopic (exact) mass is 435 g/mol. The number of carbonyl (C=O) groups is 3. The largest absolute Gasteiger partial charge is 0.346 e. The average Bonchev–Trinajstić information content (AvgIpc) is 3.22. The van der Waals surface area contributed by atoms with Gasteiger partial charge in [0.05, 0.1) is 6.04 Å². The Morgan fingerprint density at radius 1 is 1.09 bits per heavy atom. The zero-order valence-electron chi connectivity index (χ0n) is 18.9. The second-order valence-electron chi connectivity index (χ2n) is 9.20. The van der Waals surface area contributed by atoms with Crippen LogP contribution in [-0.4, -0.2) is 36.2 Å². The Balaban J connectivity index is 1.54. The number of hydrogen-bond donors (Lipinski definition) is 3. The minimum absolute atomic E-state index is 0.00516. The smallest absolute Gasteiger partial charge is 0.228 e. The minimum Gasteiger partial charge on any atom is -0.346 e. The van der Waals surface area contributed by atoms with E-state index in [4.69, 9.17) is 0 Å². The van der Waals surface area contributed by atoms with Crippen molar-refractivity contribution in [1.29, 1.82) is 0 Å². The molecule has 2 aromatic carbocycles. The highest BCUT2D eigenvalue weighted by Crippen LogP contribution is 2.36. The summed E-state index contributed by atoms with van der Waals surface area (Å²) >= 11 is 0. The Kier molecular flexibility index (Phi) is 6.89. The van der Waals surface area contributed by atoms with Gasteiger partial charge in [-0.2, -0.15) is 0 Å². The topological polar surface area (TPSA) is 87.3 Å². The van der Waals surface area contributed by atoms with Gasteiger partial charge < -0.3 is 16.0 Å². The maximum atomic E-state index is 13.6. The molecule has 5 atom stereocenters. The number of carbonyl (C=O) groups excluding carboxylic acids is 3. The lowest BCUT2D eigenvalue weighted by molar-refractivity contribution is -0.135. The van der Waals surface area contributed by atoms with E-state index in [1.165, 1.54) is 0 Å². The number of ketones is 1. The van der Waals surface area contributed by atoms with Crippen molar-refractivity contribution in [3.8, 4) is 0 Å². The second kappa shape index (κ2) is 9.82. The fourth-order valence-electron chi connectivity index (χ4n) is 5.09. The summed E-state index contributed by atoms with van der Waals surface area (Å²) in [5.41, 5.74) is 0.768. The van der Waals surface area contributed by atoms with E-state index in [0.717, 1.165) is 42.3 Å². The third kappa shape index (κ3) is 4.56. The summed E-state index contributed by atoms with van der Waals surface area (Å²) < 4.78 is 0. The van der Waals surface area contributed by atoms with E-state index in [-0.39, 0.29) is 29.6 Å². The SMILES string of the molecule is CC[C@@H](C)C(=O)N[C@H]1CCCNC2CCC(C(=O)Nc3cccc4ccccc34)C2C1=O. The van der Waals surface area contributed by atoms with E-state index in [9.17, 15) is 14.4 Å². The summed E-state index contributed by atoms with van der Waals surface area (Å²) in [7, 11) is 0. The van der Waals surface area contributed by atoms with E-state index in [0.29, 0.717) is 12.8 Å². The average molecular weight is 436 g/mol. The van der Waals surface area contributed by atoms with E-state index < -0.39 is 17.9 Å². The Labute approximate surface area is 189 Å². The molecule has 6 heteroatoms. The van der Waals surface area contributed by atoms with Gasteiger partial charge >= 0.3 is 0 Å². The lowest BCUT2D eigenvalue weighted by atomic mass is 9.83. The van der Waals surface area contributed by atoms with Crippen LogP contribution in [0.1, 0.15) is 46.0 Å². The van der Waals surface area contributed by atoms with Crippen LogP contribution in [0.5, 0.6) is 0 Å². The molecule has 0 aromatic heterocycles. The zero-order chi connectivity index (χ0) is 22.7. The van der Waals surface area contributed by atoms with Gasteiger partial charge in [-0.1, -0.05) is 50.2 Å². The van der Waals surface area contributed by atoms with Crippen molar-refractivity contribution in [2.24, 2.45) is 17.8 Å². The molecule has 0 radical (unpaired) electrons. The first-order chi connectivity index (χ1) is 15.5. The first-order valence-corrected chi connectivity index (χ1v) is 11.9. The van der Waals surface area contributed by atoms with Gasteiger partial charge in [-0.25, -0.2) is 0 Å². The molecular weight excluding hydrogens is 402 g/mol. The lowest BCUT2D eigenvalue weighted by Gasteiger charge is -2.31. The van der Waals surface area contributed by atoms with Crippen LogP contribution in [0.2, 0.25) is 0 Å². The van der Waals surface area contributed by atoms with Crippen molar-refractivity contribution in [2.75, 3.05) is 11.9 Å². The number of nitrogens with one attached hydrogen (secondary N) is 3. The minimum atomic E-state index is -0.517. The molecule has 1 saturated carbocycles. The summed E-state index contributed by atoms with van der Waals surface area (Å²) in [5, 5.41) is 11.6. The fraction of sp³-hybridized carbons (Fsp3) is 0.500. The normalized spacial score (nSPS) is 26.6. The van der Waals surface area contributed by atoms with Crippen LogP contribution in [0.4, 0.5) is 5.69 Å². The van der Waals surface area contributed by atoms with Gasteiger partial charge in [0, 0.05) is 34.9 Å². The van der Waals surface area contributed by atoms with Crippen molar-refractivity contribution in [3.63, 3.8) is 0 Å². The van der Waals surface area contributed by atoms with Gasteiger partial charge in [0.2, 0.25) is 11.8 Å². The Morgan fingerprint density at radius 2 is 1.88 bits per heavy atom. The molecule has 3 N–H and O–H groups in total. The predicted molar refractivity (Wildman–Crippen MR) is 126 cm³/mol. The van der Waals surface area contributed by atoms with Gasteiger partial charge in [0.1, 0.15) is 0 Å². The first kappa shape index (κ1) is 22.5. The zero-order valence-corrected chi connectivity index (χ0v) is 18.9. The van der Waals surface area contributed by atoms with Gasteiger partial charge in [-0.3, -0.25) is 14.4 Å². The van der Waals surface area contributed by atoms with Crippen LogP contribution in [0.15, 0.2) is 42.5 Å². The van der Waals surface area contributed by atoms with E-state index in [1.807, 2.05) is 56.3 Å². The molecule has 1 heterocycles. The Morgan fingerprint density at radius 3 is 2.69 bits per heavy atom. The highest BCUT2D eigenvalue weighted by atomic mass is 16.2. The molecule has 3 unspecified atom stereocenters. The van der Waals surface area contributed by atoms with E-state index >= 15 is 0 Å². The molecule has 32 heavy (non-hydrogen) atoms. The molecule has 2 fully saturated rings. The third-order valence-electron chi connectivity index (χ3n) is 7.16. The summed E-state index contributed by atoms with van der Waals surface area (Å²) in [6.45, 7) is 4.64. The molecule has 2 amide bonds. The van der Waals surface area contributed by atoms with Crippen LogP contribution in [0, 0.1) is 17.8 Å². The number of Topliss-reactive ketones (excluding diaryl/α,β-unsaturated/α-hetero) is 1. The molecular formula is C26H33N3O3. The molecule has 0 bridgehead atoms. The van der Waals surface area contributed by atoms with Crippen LogP contribution < -0.4 is 16.0 Å². The summed E-state index contributed by atoms with van der Waals surface area (Å²) in [6.07, 6.45) is 3.62. The Hall–Kier alpha value is -2.73. The van der Waals surface area contributed by atoms with Gasteiger partial charge in [-0.05, 0) is 50.1 Å². The maximum absolute atomic E-state index is 13.6. The lowest BCUT2D eigenvalue weighted by Crippen LogP contribution is -2.53. The van der Waals surface area contributed by atoms with Crippen LogP contribution >= 0.6 is 0 Å². The predicted octanol–water partition coefficient (Wildman–Crippen LogP) is 3.66. The molecule has 2 aromatic rings. The molecule has 170 valence electrons. The second-order valence-corrected chi connectivity index (χ2v) is 9.20. The third-order valence-corrected chi connectivity index (χ3v) is 7.16. The fourth-order valence-corrected chi connectivity index (χ4v) is 5.09. The number of rotatable bonds is 5. The quantitative estimate of drug-likeness (QED) is 0.669. The highest BCUT2D eigenvalue weighted by molar-refractivity contribution is 6.05. The van der Waals surface area contributed by atoms with E-state index in [1.54, 1.807) is 0 Å². The molecule has 0 spiro atoms. The number of hydrogen-bond acceptors (Lipinski definition) is 4. The van der Waals surface area contributed by atoms with Crippen molar-refractivity contribution in [1.82, 2.24) is 10.6 Å². The standard InChI is InChI=1S/C26H33N3O3/c1-3-16(2)25(31)29-22-12-7-15-27-21-14-13-19(23(21)24(22)30)26(32)28-20-11-6-9-17-8-4-5-10-18(17)20/h4-6,8-11,16,19,21-23,27H,3,7,12-15H2,1-2H3,(H,28,32)(H,29,31)/t16-,19?,21?,22+,23?/m1/s1. The van der Waals surface area contributed by atoms with Crippen LogP contribution in [-0.2, 0) is 14.4 Å². The number of fused-ring (bicyclic) bond motifs is 2. The summed E-state index contributed by atoms with van der Waals surface area (Å²) in [6, 6.07) is 13.3. The summed E-state index contributed by atoms with van der Waals surface area (Å²) in [4.78, 5) is 39.4. The summed E-state index contributed by atoms with van der Waals surface area (Å²) in [5.74, 6) is -1.15. The van der Waals surface area contributed by atoms with Crippen LogP contribution in [0.25, 0.3) is 10.8 Å². The van der Waals surface area contributed by atoms with Gasteiger partial charge in [0.15, 0.2) is 5.78 Å². The molecule has 1 aliphatic carbocycles. The number of amides is 2. The molecule has 1 saturated heterocycles.